The van der Waals surface area contributed by atoms with Crippen LogP contribution in [0.2, 0.25) is 5.02 Å². The molecule has 4 N–H and O–H groups in total. The summed E-state index contributed by atoms with van der Waals surface area (Å²) in [7, 11) is 0. The fourth-order valence-electron chi connectivity index (χ4n) is 2.76. The number of nitrogens with one attached hydrogen (secondary N) is 2. The van der Waals surface area contributed by atoms with E-state index in [1.807, 2.05) is 0 Å². The maximum absolute atomic E-state index is 12.5. The Balaban J connectivity index is 2.14. The number of aromatic hydroxyl groups is 1. The van der Waals surface area contributed by atoms with Gasteiger partial charge in [-0.1, -0.05) is 31.4 Å². The van der Waals surface area contributed by atoms with Crippen molar-refractivity contribution in [2.45, 2.75) is 45.1 Å². The number of nitrogens with zero attached hydrogens (tertiary/aromatic N) is 1. The maximum atomic E-state index is 12.5. The number of carbonyl (C=O) groups excluding carboxylic acids is 2. The molecule has 164 valence electrons. The molecule has 0 spiro atoms. The summed E-state index contributed by atoms with van der Waals surface area (Å²) in [6.45, 7) is 6.73. The third-order valence-electron chi connectivity index (χ3n) is 4.70. The van der Waals surface area contributed by atoms with Crippen LogP contribution in [0.25, 0.3) is 0 Å². The first kappa shape index (κ1) is 24.2. The number of phenolic OH excluding ortho intramolecular Hbond substituents is 1. The smallest absolute Gasteiger partial charge is 0.271 e. The third kappa shape index (κ3) is 6.20. The Morgan fingerprint density at radius 2 is 1.90 bits per heavy atom. The van der Waals surface area contributed by atoms with Crippen molar-refractivity contribution in [3.8, 4) is 18.1 Å². The lowest BCUT2D eigenvalue weighted by atomic mass is 9.84. The zero-order chi connectivity index (χ0) is 23.4. The highest BCUT2D eigenvalue weighted by atomic mass is 35.5. The van der Waals surface area contributed by atoms with E-state index in [4.69, 9.17) is 18.0 Å². The second-order valence-corrected chi connectivity index (χ2v) is 8.79. The third-order valence-corrected chi connectivity index (χ3v) is 5.06. The molecule has 0 aliphatic heterocycles. The average Bonchev–Trinajstić information content (AvgIpc) is 2.70. The molecule has 2 aromatic rings. The van der Waals surface area contributed by atoms with Crippen LogP contribution in [-0.2, 0) is 16.6 Å². The number of carbonyl (C=O) groups is 2. The van der Waals surface area contributed by atoms with Crippen molar-refractivity contribution in [1.82, 2.24) is 10.3 Å². The quantitative estimate of drug-likeness (QED) is 0.491. The van der Waals surface area contributed by atoms with Crippen LogP contribution < -0.4 is 10.6 Å². The van der Waals surface area contributed by atoms with E-state index in [1.165, 1.54) is 18.3 Å². The second-order valence-electron chi connectivity index (χ2n) is 8.38. The number of anilines is 1. The van der Waals surface area contributed by atoms with Crippen LogP contribution in [0.3, 0.4) is 0 Å². The first-order valence-electron chi connectivity index (χ1n) is 9.57. The number of hydrogen-bond acceptors (Lipinski definition) is 5. The molecule has 0 aliphatic carbocycles. The minimum atomic E-state index is -0.840. The Labute approximate surface area is 186 Å². The molecule has 0 bridgehead atoms. The molecule has 1 heterocycles. The van der Waals surface area contributed by atoms with E-state index in [0.717, 1.165) is 0 Å². The summed E-state index contributed by atoms with van der Waals surface area (Å²) >= 11 is 6.30. The van der Waals surface area contributed by atoms with Crippen molar-refractivity contribution in [2.24, 2.45) is 0 Å². The standard InChI is InChI=1S/C23H26ClN3O4/c1-6-23(4,5)27-21(31)18-11-15(7-8-25-18)26-20(30)10-14-9-19(29)16(12-17(14)24)22(2,3)13-28/h1,7-9,11-12,28-29H,10,13H2,2-5H3,(H,27,31)(H,25,26,30). The number of hydrogen-bond donors (Lipinski definition) is 4. The summed E-state index contributed by atoms with van der Waals surface area (Å²) in [5.41, 5.74) is -0.125. The summed E-state index contributed by atoms with van der Waals surface area (Å²) in [6.07, 6.45) is 6.69. The largest absolute Gasteiger partial charge is 0.508 e. The van der Waals surface area contributed by atoms with Gasteiger partial charge in [0.1, 0.15) is 11.4 Å². The number of phenols is 1. The molecule has 1 aromatic heterocycles. The summed E-state index contributed by atoms with van der Waals surface area (Å²) in [5, 5.41) is 25.5. The van der Waals surface area contributed by atoms with E-state index in [9.17, 15) is 19.8 Å². The number of benzene rings is 1. The Morgan fingerprint density at radius 3 is 2.52 bits per heavy atom. The summed E-state index contributed by atoms with van der Waals surface area (Å²) < 4.78 is 0. The van der Waals surface area contributed by atoms with Crippen molar-refractivity contribution >= 4 is 29.1 Å². The van der Waals surface area contributed by atoms with Gasteiger partial charge in [-0.3, -0.25) is 14.6 Å². The van der Waals surface area contributed by atoms with Crippen LogP contribution >= 0.6 is 11.6 Å². The first-order valence-corrected chi connectivity index (χ1v) is 9.95. The van der Waals surface area contributed by atoms with E-state index in [-0.39, 0.29) is 24.5 Å². The highest BCUT2D eigenvalue weighted by Gasteiger charge is 2.25. The maximum Gasteiger partial charge on any atom is 0.271 e. The Kier molecular flexibility index (Phi) is 7.32. The summed E-state index contributed by atoms with van der Waals surface area (Å²) in [6, 6.07) is 5.96. The lowest BCUT2D eigenvalue weighted by Gasteiger charge is -2.24. The van der Waals surface area contributed by atoms with Crippen LogP contribution in [0.15, 0.2) is 30.5 Å². The van der Waals surface area contributed by atoms with Crippen LogP contribution in [0.5, 0.6) is 5.75 Å². The van der Waals surface area contributed by atoms with Crippen LogP contribution in [0.4, 0.5) is 5.69 Å². The van der Waals surface area contributed by atoms with Gasteiger partial charge in [0.2, 0.25) is 5.91 Å². The zero-order valence-electron chi connectivity index (χ0n) is 17.9. The molecule has 31 heavy (non-hydrogen) atoms. The number of amides is 2. The van der Waals surface area contributed by atoms with Crippen molar-refractivity contribution in [2.75, 3.05) is 11.9 Å². The van der Waals surface area contributed by atoms with Gasteiger partial charge < -0.3 is 20.8 Å². The summed E-state index contributed by atoms with van der Waals surface area (Å²) in [5.74, 6) is 1.56. The predicted molar refractivity (Wildman–Crippen MR) is 120 cm³/mol. The van der Waals surface area contributed by atoms with E-state index in [0.29, 0.717) is 21.8 Å². The summed E-state index contributed by atoms with van der Waals surface area (Å²) in [4.78, 5) is 28.8. The number of halogens is 1. The number of aliphatic hydroxyl groups is 1. The molecule has 0 aliphatic rings. The average molecular weight is 444 g/mol. The van der Waals surface area contributed by atoms with Crippen molar-refractivity contribution < 1.29 is 19.8 Å². The number of terminal acetylenes is 1. The molecule has 1 aromatic carbocycles. The van der Waals surface area contributed by atoms with Crippen LogP contribution in [0, 0.1) is 12.3 Å². The molecular formula is C23H26ClN3O4. The number of aromatic nitrogens is 1. The van der Waals surface area contributed by atoms with Gasteiger partial charge in [0.25, 0.3) is 5.91 Å². The second kappa shape index (κ2) is 9.38. The molecule has 0 saturated heterocycles. The van der Waals surface area contributed by atoms with Gasteiger partial charge in [0.05, 0.1) is 18.6 Å². The minimum absolute atomic E-state index is 0.0507. The Hall–Kier alpha value is -3.08. The molecule has 0 atom stereocenters. The van der Waals surface area contributed by atoms with E-state index in [1.54, 1.807) is 39.8 Å². The SMILES string of the molecule is C#CC(C)(C)NC(=O)c1cc(NC(=O)Cc2cc(O)c(C(C)(C)CO)cc2Cl)ccn1. The van der Waals surface area contributed by atoms with E-state index >= 15 is 0 Å². The fraction of sp³-hybridized carbons (Fsp3) is 0.348. The molecule has 0 fully saturated rings. The van der Waals surface area contributed by atoms with E-state index in [2.05, 4.69) is 21.5 Å². The zero-order valence-corrected chi connectivity index (χ0v) is 18.7. The van der Waals surface area contributed by atoms with Crippen LogP contribution in [-0.4, -0.2) is 39.2 Å². The highest BCUT2D eigenvalue weighted by molar-refractivity contribution is 6.31. The molecule has 2 amide bonds. The van der Waals surface area contributed by atoms with E-state index < -0.39 is 22.8 Å². The van der Waals surface area contributed by atoms with Gasteiger partial charge in [-0.25, -0.2) is 0 Å². The Bertz CT molecular complexity index is 1040. The van der Waals surface area contributed by atoms with Crippen molar-refractivity contribution in [3.63, 3.8) is 0 Å². The fourth-order valence-corrected chi connectivity index (χ4v) is 2.99. The predicted octanol–water partition coefficient (Wildman–Crippen LogP) is 3.03. The topological polar surface area (TPSA) is 112 Å². The molecule has 0 unspecified atom stereocenters. The van der Waals surface area contributed by atoms with Gasteiger partial charge in [-0.05, 0) is 43.7 Å². The molecule has 0 radical (unpaired) electrons. The minimum Gasteiger partial charge on any atom is -0.508 e. The van der Waals surface area contributed by atoms with Gasteiger partial charge in [-0.15, -0.1) is 6.42 Å². The molecule has 0 saturated carbocycles. The monoisotopic (exact) mass is 443 g/mol. The lowest BCUT2D eigenvalue weighted by molar-refractivity contribution is -0.115. The van der Waals surface area contributed by atoms with Crippen LogP contribution in [0.1, 0.15) is 49.3 Å². The first-order chi connectivity index (χ1) is 14.4. The van der Waals surface area contributed by atoms with Gasteiger partial charge in [0, 0.05) is 27.9 Å². The number of rotatable bonds is 7. The highest BCUT2D eigenvalue weighted by Crippen LogP contribution is 2.35. The number of pyridine rings is 1. The van der Waals surface area contributed by atoms with Gasteiger partial charge >= 0.3 is 0 Å². The van der Waals surface area contributed by atoms with Crippen molar-refractivity contribution in [3.05, 3.63) is 52.3 Å². The molecule has 2 rings (SSSR count). The molecule has 8 heteroatoms. The van der Waals surface area contributed by atoms with Crippen molar-refractivity contribution in [1.29, 1.82) is 0 Å². The van der Waals surface area contributed by atoms with Gasteiger partial charge in [0.15, 0.2) is 0 Å². The molecule has 7 nitrogen and oxygen atoms in total. The normalized spacial score (nSPS) is 11.5. The molecular weight excluding hydrogens is 418 g/mol. The van der Waals surface area contributed by atoms with Gasteiger partial charge in [-0.2, -0.15) is 0 Å². The number of aliphatic hydroxyl groups excluding tert-OH is 1. The lowest BCUT2D eigenvalue weighted by Crippen LogP contribution is -2.42. The Morgan fingerprint density at radius 1 is 1.23 bits per heavy atom.